The van der Waals surface area contributed by atoms with Crippen molar-refractivity contribution in [1.29, 1.82) is 0 Å². The third kappa shape index (κ3) is 5.30. The smallest absolute Gasteiger partial charge is 0.326 e. The SMILES string of the molecule is CCC[C@@H](NC(=O)NC1CCSCC1)C(=O)O. The molecule has 0 saturated carbocycles. The van der Waals surface area contributed by atoms with Gasteiger partial charge in [-0.15, -0.1) is 0 Å². The van der Waals surface area contributed by atoms with Gasteiger partial charge in [-0.3, -0.25) is 0 Å². The first-order valence-corrected chi connectivity index (χ1v) is 7.16. The molecule has 0 aromatic carbocycles. The Morgan fingerprint density at radius 2 is 2.06 bits per heavy atom. The second-order valence-corrected chi connectivity index (χ2v) is 5.41. The number of rotatable bonds is 5. The molecular weight excluding hydrogens is 240 g/mol. The van der Waals surface area contributed by atoms with Gasteiger partial charge in [-0.1, -0.05) is 13.3 Å². The van der Waals surface area contributed by atoms with E-state index in [-0.39, 0.29) is 12.1 Å². The van der Waals surface area contributed by atoms with Gasteiger partial charge >= 0.3 is 12.0 Å². The first-order valence-electron chi connectivity index (χ1n) is 6.01. The lowest BCUT2D eigenvalue weighted by Crippen LogP contribution is -2.49. The summed E-state index contributed by atoms with van der Waals surface area (Å²) >= 11 is 1.89. The number of urea groups is 1. The molecule has 0 spiro atoms. The van der Waals surface area contributed by atoms with E-state index >= 15 is 0 Å². The average molecular weight is 260 g/mol. The van der Waals surface area contributed by atoms with Gasteiger partial charge in [-0.25, -0.2) is 9.59 Å². The molecule has 1 aliphatic heterocycles. The van der Waals surface area contributed by atoms with Gasteiger partial charge in [0.05, 0.1) is 0 Å². The molecule has 2 amide bonds. The Morgan fingerprint density at radius 3 is 2.59 bits per heavy atom. The van der Waals surface area contributed by atoms with Crippen molar-refractivity contribution in [2.45, 2.75) is 44.7 Å². The molecule has 1 fully saturated rings. The van der Waals surface area contributed by atoms with E-state index in [0.29, 0.717) is 6.42 Å². The number of nitrogens with one attached hydrogen (secondary N) is 2. The lowest BCUT2D eigenvalue weighted by molar-refractivity contribution is -0.139. The summed E-state index contributed by atoms with van der Waals surface area (Å²) in [5.74, 6) is 1.14. The van der Waals surface area contributed by atoms with E-state index in [4.69, 9.17) is 5.11 Å². The maximum Gasteiger partial charge on any atom is 0.326 e. The van der Waals surface area contributed by atoms with Crippen molar-refractivity contribution in [2.24, 2.45) is 0 Å². The summed E-state index contributed by atoms with van der Waals surface area (Å²) in [5.41, 5.74) is 0. The second kappa shape index (κ2) is 7.42. The molecule has 0 aromatic heterocycles. The van der Waals surface area contributed by atoms with E-state index in [1.807, 2.05) is 18.7 Å². The Kier molecular flexibility index (Phi) is 6.18. The Morgan fingerprint density at radius 1 is 1.41 bits per heavy atom. The Balaban J connectivity index is 2.33. The van der Waals surface area contributed by atoms with E-state index in [2.05, 4.69) is 10.6 Å². The fraction of sp³-hybridized carbons (Fsp3) is 0.818. The van der Waals surface area contributed by atoms with Crippen molar-refractivity contribution in [3.05, 3.63) is 0 Å². The van der Waals surface area contributed by atoms with E-state index in [0.717, 1.165) is 30.8 Å². The Labute approximate surface area is 106 Å². The molecule has 0 radical (unpaired) electrons. The minimum absolute atomic E-state index is 0.187. The highest BCUT2D eigenvalue weighted by Crippen LogP contribution is 2.16. The topological polar surface area (TPSA) is 78.4 Å². The van der Waals surface area contributed by atoms with Crippen LogP contribution in [0.15, 0.2) is 0 Å². The lowest BCUT2D eigenvalue weighted by Gasteiger charge is -2.23. The van der Waals surface area contributed by atoms with Crippen LogP contribution in [0.2, 0.25) is 0 Å². The number of carbonyl (C=O) groups is 2. The molecule has 3 N–H and O–H groups in total. The average Bonchev–Trinajstić information content (AvgIpc) is 2.29. The lowest BCUT2D eigenvalue weighted by atomic mass is 10.1. The van der Waals surface area contributed by atoms with Crippen LogP contribution in [0.1, 0.15) is 32.6 Å². The van der Waals surface area contributed by atoms with Gasteiger partial charge in [-0.05, 0) is 30.8 Å². The molecule has 17 heavy (non-hydrogen) atoms. The minimum atomic E-state index is -0.971. The highest BCUT2D eigenvalue weighted by molar-refractivity contribution is 7.99. The summed E-state index contributed by atoms with van der Waals surface area (Å²) in [4.78, 5) is 22.5. The number of aliphatic carboxylic acids is 1. The number of hydrogen-bond donors (Lipinski definition) is 3. The number of thioether (sulfide) groups is 1. The molecule has 6 heteroatoms. The number of carboxylic acids is 1. The Bertz CT molecular complexity index is 267. The van der Waals surface area contributed by atoms with Gasteiger partial charge in [0.2, 0.25) is 0 Å². The highest BCUT2D eigenvalue weighted by Gasteiger charge is 2.21. The van der Waals surface area contributed by atoms with Gasteiger partial charge in [0, 0.05) is 6.04 Å². The van der Waals surface area contributed by atoms with Crippen molar-refractivity contribution < 1.29 is 14.7 Å². The molecule has 1 saturated heterocycles. The summed E-state index contributed by atoms with van der Waals surface area (Å²) in [7, 11) is 0. The van der Waals surface area contributed by atoms with Crippen LogP contribution in [-0.2, 0) is 4.79 Å². The zero-order valence-corrected chi connectivity index (χ0v) is 10.9. The fourth-order valence-corrected chi connectivity index (χ4v) is 2.88. The second-order valence-electron chi connectivity index (χ2n) is 4.18. The molecule has 1 heterocycles. The van der Waals surface area contributed by atoms with Crippen molar-refractivity contribution in [3.8, 4) is 0 Å². The van der Waals surface area contributed by atoms with Gasteiger partial charge in [0.15, 0.2) is 0 Å². The van der Waals surface area contributed by atoms with Crippen LogP contribution in [0.5, 0.6) is 0 Å². The largest absolute Gasteiger partial charge is 0.480 e. The van der Waals surface area contributed by atoms with Crippen LogP contribution < -0.4 is 10.6 Å². The Hall–Kier alpha value is -0.910. The minimum Gasteiger partial charge on any atom is -0.480 e. The van der Waals surface area contributed by atoms with Gasteiger partial charge in [0.1, 0.15) is 6.04 Å². The third-order valence-corrected chi connectivity index (χ3v) is 3.79. The summed E-state index contributed by atoms with van der Waals surface area (Å²) in [6.45, 7) is 1.90. The number of carbonyl (C=O) groups excluding carboxylic acids is 1. The van der Waals surface area contributed by atoms with Crippen molar-refractivity contribution in [3.63, 3.8) is 0 Å². The van der Waals surface area contributed by atoms with E-state index in [1.165, 1.54) is 0 Å². The molecule has 0 aliphatic carbocycles. The van der Waals surface area contributed by atoms with Crippen molar-refractivity contribution in [2.75, 3.05) is 11.5 Å². The van der Waals surface area contributed by atoms with Crippen LogP contribution in [0.3, 0.4) is 0 Å². The highest BCUT2D eigenvalue weighted by atomic mass is 32.2. The first kappa shape index (κ1) is 14.2. The summed E-state index contributed by atoms with van der Waals surface area (Å²) in [6.07, 6.45) is 3.12. The van der Waals surface area contributed by atoms with Crippen molar-refractivity contribution in [1.82, 2.24) is 10.6 Å². The van der Waals surface area contributed by atoms with Crippen LogP contribution in [0.25, 0.3) is 0 Å². The molecule has 1 atom stereocenters. The van der Waals surface area contributed by atoms with E-state index < -0.39 is 12.0 Å². The van der Waals surface area contributed by atoms with Gasteiger partial charge in [0.25, 0.3) is 0 Å². The molecule has 0 unspecified atom stereocenters. The molecule has 1 aliphatic rings. The quantitative estimate of drug-likeness (QED) is 0.699. The predicted octanol–water partition coefficient (Wildman–Crippen LogP) is 1.43. The van der Waals surface area contributed by atoms with Crippen LogP contribution in [0.4, 0.5) is 4.79 Å². The zero-order valence-electron chi connectivity index (χ0n) is 10.1. The summed E-state index contributed by atoms with van der Waals surface area (Å²) < 4.78 is 0. The molecule has 98 valence electrons. The number of amides is 2. The normalized spacial score (nSPS) is 18.4. The molecule has 0 bridgehead atoms. The summed E-state index contributed by atoms with van der Waals surface area (Å²) in [6, 6.07) is -0.951. The summed E-state index contributed by atoms with van der Waals surface area (Å²) in [5, 5.41) is 14.3. The maximum absolute atomic E-state index is 11.6. The predicted molar refractivity (Wildman–Crippen MR) is 68.3 cm³/mol. The van der Waals surface area contributed by atoms with E-state index in [9.17, 15) is 9.59 Å². The van der Waals surface area contributed by atoms with Crippen molar-refractivity contribution >= 4 is 23.8 Å². The third-order valence-electron chi connectivity index (χ3n) is 2.74. The zero-order chi connectivity index (χ0) is 12.7. The standard InChI is InChI=1S/C11H20N2O3S/c1-2-3-9(10(14)15)13-11(16)12-8-4-6-17-7-5-8/h8-9H,2-7H2,1H3,(H,14,15)(H2,12,13,16)/t9-/m1/s1. The van der Waals surface area contributed by atoms with Gasteiger partial charge in [-0.2, -0.15) is 11.8 Å². The fourth-order valence-electron chi connectivity index (χ4n) is 1.77. The van der Waals surface area contributed by atoms with E-state index in [1.54, 1.807) is 0 Å². The molecule has 0 aromatic rings. The van der Waals surface area contributed by atoms with Crippen LogP contribution >= 0.6 is 11.8 Å². The molecule has 5 nitrogen and oxygen atoms in total. The first-order chi connectivity index (χ1) is 8.13. The van der Waals surface area contributed by atoms with Gasteiger partial charge < -0.3 is 15.7 Å². The van der Waals surface area contributed by atoms with Crippen LogP contribution in [0, 0.1) is 0 Å². The number of hydrogen-bond acceptors (Lipinski definition) is 3. The molecule has 1 rings (SSSR count). The molecular formula is C11H20N2O3S. The van der Waals surface area contributed by atoms with Crippen LogP contribution in [-0.4, -0.2) is 40.7 Å². The number of carboxylic acid groups (broad SMARTS) is 1. The maximum atomic E-state index is 11.6. The monoisotopic (exact) mass is 260 g/mol.